The highest BCUT2D eigenvalue weighted by Gasteiger charge is 2.35. The Labute approximate surface area is 151 Å². The monoisotopic (exact) mass is 335 g/mol. The van der Waals surface area contributed by atoms with Gasteiger partial charge in [-0.15, -0.1) is 0 Å². The molecule has 2 fully saturated rings. The van der Waals surface area contributed by atoms with Crippen molar-refractivity contribution in [1.29, 1.82) is 0 Å². The fourth-order valence-electron chi connectivity index (χ4n) is 4.68. The molecule has 1 saturated heterocycles. The SMILES string of the molecule is O[C@@]1(c2ccc(-c3ccccc3)cc2)CCCN(CC2CCCC2)C1. The lowest BCUT2D eigenvalue weighted by atomic mass is 9.84. The van der Waals surface area contributed by atoms with Gasteiger partial charge in [-0.2, -0.15) is 0 Å². The topological polar surface area (TPSA) is 23.5 Å². The van der Waals surface area contributed by atoms with Gasteiger partial charge in [0, 0.05) is 13.1 Å². The van der Waals surface area contributed by atoms with E-state index in [1.165, 1.54) is 43.4 Å². The van der Waals surface area contributed by atoms with E-state index in [2.05, 4.69) is 53.4 Å². The van der Waals surface area contributed by atoms with Crippen LogP contribution in [0.1, 0.15) is 44.1 Å². The van der Waals surface area contributed by atoms with Crippen molar-refractivity contribution in [2.75, 3.05) is 19.6 Å². The molecule has 1 N–H and O–H groups in total. The smallest absolute Gasteiger partial charge is 0.102 e. The molecule has 0 spiro atoms. The van der Waals surface area contributed by atoms with E-state index in [1.807, 2.05) is 6.07 Å². The van der Waals surface area contributed by atoms with Crippen molar-refractivity contribution < 1.29 is 5.11 Å². The van der Waals surface area contributed by atoms with Crippen LogP contribution in [0.25, 0.3) is 11.1 Å². The molecular weight excluding hydrogens is 306 g/mol. The summed E-state index contributed by atoms with van der Waals surface area (Å²) in [6.07, 6.45) is 7.50. The molecule has 2 aromatic carbocycles. The van der Waals surface area contributed by atoms with E-state index in [-0.39, 0.29) is 0 Å². The molecule has 0 unspecified atom stereocenters. The van der Waals surface area contributed by atoms with E-state index in [4.69, 9.17) is 0 Å². The van der Waals surface area contributed by atoms with Crippen LogP contribution in [-0.2, 0) is 5.60 Å². The first-order valence-corrected chi connectivity index (χ1v) is 9.84. The second-order valence-corrected chi connectivity index (χ2v) is 7.96. The fourth-order valence-corrected chi connectivity index (χ4v) is 4.68. The Kier molecular flexibility index (Phi) is 4.91. The van der Waals surface area contributed by atoms with Crippen molar-refractivity contribution in [2.45, 2.75) is 44.1 Å². The van der Waals surface area contributed by atoms with Gasteiger partial charge < -0.3 is 5.11 Å². The van der Waals surface area contributed by atoms with Gasteiger partial charge in [0.25, 0.3) is 0 Å². The van der Waals surface area contributed by atoms with Gasteiger partial charge in [-0.25, -0.2) is 0 Å². The van der Waals surface area contributed by atoms with E-state index >= 15 is 0 Å². The minimum absolute atomic E-state index is 0.688. The first-order valence-electron chi connectivity index (χ1n) is 9.84. The van der Waals surface area contributed by atoms with Crippen molar-refractivity contribution in [3.63, 3.8) is 0 Å². The van der Waals surface area contributed by atoms with Crippen molar-refractivity contribution in [1.82, 2.24) is 4.90 Å². The number of hydrogen-bond donors (Lipinski definition) is 1. The molecule has 1 saturated carbocycles. The highest BCUT2D eigenvalue weighted by atomic mass is 16.3. The zero-order valence-electron chi connectivity index (χ0n) is 15.0. The summed E-state index contributed by atoms with van der Waals surface area (Å²) in [5.41, 5.74) is 2.83. The molecule has 0 bridgehead atoms. The standard InChI is InChI=1S/C23H29NO/c25-23(15-6-16-24(18-23)17-19-7-4-5-8-19)22-13-11-21(12-14-22)20-9-2-1-3-10-20/h1-3,9-14,19,25H,4-8,15-18H2/t23-/m0/s1. The summed E-state index contributed by atoms with van der Waals surface area (Å²) >= 11 is 0. The Morgan fingerprint density at radius 1 is 0.880 bits per heavy atom. The second kappa shape index (κ2) is 7.31. The zero-order chi connectivity index (χ0) is 17.1. The van der Waals surface area contributed by atoms with Crippen LogP contribution in [0.2, 0.25) is 0 Å². The number of hydrogen-bond acceptors (Lipinski definition) is 2. The number of nitrogens with zero attached hydrogens (tertiary/aromatic N) is 1. The molecular formula is C23H29NO. The molecule has 1 heterocycles. The van der Waals surface area contributed by atoms with Gasteiger partial charge in [0.2, 0.25) is 0 Å². The summed E-state index contributed by atoms with van der Waals surface area (Å²) in [5, 5.41) is 11.3. The third-order valence-corrected chi connectivity index (χ3v) is 6.07. The van der Waals surface area contributed by atoms with Gasteiger partial charge in [-0.1, -0.05) is 67.4 Å². The predicted molar refractivity (Wildman–Crippen MR) is 103 cm³/mol. The lowest BCUT2D eigenvalue weighted by Crippen LogP contribution is -2.47. The van der Waals surface area contributed by atoms with Crippen molar-refractivity contribution in [2.24, 2.45) is 5.92 Å². The van der Waals surface area contributed by atoms with Crippen LogP contribution in [-0.4, -0.2) is 29.6 Å². The maximum atomic E-state index is 11.3. The van der Waals surface area contributed by atoms with Crippen molar-refractivity contribution in [3.8, 4) is 11.1 Å². The zero-order valence-corrected chi connectivity index (χ0v) is 15.0. The van der Waals surface area contributed by atoms with Crippen LogP contribution >= 0.6 is 0 Å². The average Bonchev–Trinajstić information content (AvgIpc) is 3.16. The summed E-state index contributed by atoms with van der Waals surface area (Å²) in [6.45, 7) is 3.10. The van der Waals surface area contributed by atoms with E-state index in [0.717, 1.165) is 37.4 Å². The number of likely N-dealkylation sites (tertiary alicyclic amines) is 1. The van der Waals surface area contributed by atoms with Gasteiger partial charge >= 0.3 is 0 Å². The van der Waals surface area contributed by atoms with E-state index in [9.17, 15) is 5.11 Å². The minimum atomic E-state index is -0.688. The molecule has 2 aliphatic rings. The summed E-state index contributed by atoms with van der Waals surface area (Å²) < 4.78 is 0. The molecule has 25 heavy (non-hydrogen) atoms. The summed E-state index contributed by atoms with van der Waals surface area (Å²) in [4.78, 5) is 2.50. The maximum absolute atomic E-state index is 11.3. The molecule has 1 aliphatic heterocycles. The Balaban J connectivity index is 1.47. The molecule has 2 heteroatoms. The third kappa shape index (κ3) is 3.80. The number of rotatable bonds is 4. The summed E-state index contributed by atoms with van der Waals surface area (Å²) in [7, 11) is 0. The molecule has 2 nitrogen and oxygen atoms in total. The molecule has 4 rings (SSSR count). The highest BCUT2D eigenvalue weighted by molar-refractivity contribution is 5.63. The molecule has 132 valence electrons. The van der Waals surface area contributed by atoms with Crippen molar-refractivity contribution >= 4 is 0 Å². The van der Waals surface area contributed by atoms with Crippen LogP contribution in [0.4, 0.5) is 0 Å². The van der Waals surface area contributed by atoms with Gasteiger partial charge in [0.1, 0.15) is 5.60 Å². The lowest BCUT2D eigenvalue weighted by Gasteiger charge is -2.40. The fraction of sp³-hybridized carbons (Fsp3) is 0.478. The third-order valence-electron chi connectivity index (χ3n) is 6.07. The lowest BCUT2D eigenvalue weighted by molar-refractivity contribution is -0.0392. The normalized spacial score (nSPS) is 25.3. The second-order valence-electron chi connectivity index (χ2n) is 7.96. The van der Waals surface area contributed by atoms with Gasteiger partial charge in [-0.05, 0) is 54.8 Å². The molecule has 2 aromatic rings. The largest absolute Gasteiger partial charge is 0.384 e. The molecule has 1 aliphatic carbocycles. The quantitative estimate of drug-likeness (QED) is 0.865. The van der Waals surface area contributed by atoms with Crippen LogP contribution in [0, 0.1) is 5.92 Å². The van der Waals surface area contributed by atoms with Gasteiger partial charge in [0.15, 0.2) is 0 Å². The molecule has 0 aromatic heterocycles. The Hall–Kier alpha value is -1.64. The minimum Gasteiger partial charge on any atom is -0.384 e. The number of aliphatic hydroxyl groups is 1. The highest BCUT2D eigenvalue weighted by Crippen LogP contribution is 2.34. The van der Waals surface area contributed by atoms with E-state index < -0.39 is 5.60 Å². The van der Waals surface area contributed by atoms with Crippen LogP contribution in [0.3, 0.4) is 0 Å². The average molecular weight is 335 g/mol. The number of β-amino-alcohol motifs (C(OH)–C–C–N with tert-alkyl or cyclic N) is 1. The first-order chi connectivity index (χ1) is 12.2. The van der Waals surface area contributed by atoms with E-state index in [1.54, 1.807) is 0 Å². The van der Waals surface area contributed by atoms with Crippen LogP contribution in [0.5, 0.6) is 0 Å². The molecule has 0 amide bonds. The van der Waals surface area contributed by atoms with Gasteiger partial charge in [-0.3, -0.25) is 4.90 Å². The van der Waals surface area contributed by atoms with Crippen LogP contribution < -0.4 is 0 Å². The molecule has 0 radical (unpaired) electrons. The Morgan fingerprint density at radius 2 is 1.56 bits per heavy atom. The number of benzene rings is 2. The van der Waals surface area contributed by atoms with Crippen LogP contribution in [0.15, 0.2) is 54.6 Å². The van der Waals surface area contributed by atoms with E-state index in [0.29, 0.717) is 0 Å². The Morgan fingerprint density at radius 3 is 2.28 bits per heavy atom. The predicted octanol–water partition coefficient (Wildman–Crippen LogP) is 4.83. The molecule has 1 atom stereocenters. The Bertz CT molecular complexity index is 675. The maximum Gasteiger partial charge on any atom is 0.102 e. The van der Waals surface area contributed by atoms with Gasteiger partial charge in [0.05, 0.1) is 0 Å². The number of piperidine rings is 1. The summed E-state index contributed by atoms with van der Waals surface area (Å²) in [5.74, 6) is 0.850. The van der Waals surface area contributed by atoms with Crippen molar-refractivity contribution in [3.05, 3.63) is 60.2 Å². The summed E-state index contributed by atoms with van der Waals surface area (Å²) in [6, 6.07) is 19.0. The first kappa shape index (κ1) is 16.8.